The predicted molar refractivity (Wildman–Crippen MR) is 61.6 cm³/mol. The van der Waals surface area contributed by atoms with Crippen LogP contribution in [0.2, 0.25) is 0 Å². The van der Waals surface area contributed by atoms with E-state index in [1.807, 2.05) is 0 Å². The van der Waals surface area contributed by atoms with Gasteiger partial charge in [0.2, 0.25) is 0 Å². The normalized spacial score (nSPS) is 31.2. The molecule has 0 bridgehead atoms. The van der Waals surface area contributed by atoms with Crippen molar-refractivity contribution in [2.75, 3.05) is 0 Å². The summed E-state index contributed by atoms with van der Waals surface area (Å²) in [6.45, 7) is 6.97. The van der Waals surface area contributed by atoms with Crippen LogP contribution in [-0.2, 0) is 0 Å². The van der Waals surface area contributed by atoms with Gasteiger partial charge in [-0.05, 0) is 42.2 Å². The first-order valence-corrected chi connectivity index (χ1v) is 5.70. The van der Waals surface area contributed by atoms with E-state index in [9.17, 15) is 0 Å². The molecule has 0 spiro atoms. The summed E-state index contributed by atoms with van der Waals surface area (Å²) in [4.78, 5) is 0. The Kier molecular flexibility index (Phi) is 2.38. The summed E-state index contributed by atoms with van der Waals surface area (Å²) in [5.74, 6) is 0.834. The lowest BCUT2D eigenvalue weighted by atomic mass is 9.59. The van der Waals surface area contributed by atoms with Crippen molar-refractivity contribution in [1.82, 2.24) is 0 Å². The maximum Gasteiger partial charge on any atom is -0.0149 e. The molecule has 76 valence electrons. The molecule has 0 amide bonds. The summed E-state index contributed by atoms with van der Waals surface area (Å²) >= 11 is 0. The average Bonchev–Trinajstić information content (AvgIpc) is 2.14. The molecule has 0 nitrogen and oxygen atoms in total. The average molecular weight is 188 g/mol. The quantitative estimate of drug-likeness (QED) is 0.649. The highest BCUT2D eigenvalue weighted by molar-refractivity contribution is 5.31. The Morgan fingerprint density at radius 1 is 1.29 bits per heavy atom. The molecule has 1 saturated carbocycles. The van der Waals surface area contributed by atoms with E-state index in [1.165, 1.54) is 24.8 Å². The summed E-state index contributed by atoms with van der Waals surface area (Å²) < 4.78 is 0. The molecular formula is C14H20. The van der Waals surface area contributed by atoms with Crippen molar-refractivity contribution >= 4 is 0 Å². The Labute approximate surface area is 87.3 Å². The lowest BCUT2D eigenvalue weighted by molar-refractivity contribution is 0.120. The van der Waals surface area contributed by atoms with Gasteiger partial charge >= 0.3 is 0 Å². The standard InChI is InChI=1S/C14H20/c1-4-14(3)9-12(10-14)13-8-6-5-7-11(13)2/h5-8,12H,4,9-10H2,1-3H3. The van der Waals surface area contributed by atoms with Crippen LogP contribution in [0, 0.1) is 12.3 Å². The van der Waals surface area contributed by atoms with Gasteiger partial charge in [-0.1, -0.05) is 44.5 Å². The molecule has 0 aliphatic heterocycles. The van der Waals surface area contributed by atoms with Gasteiger partial charge in [0.1, 0.15) is 0 Å². The highest BCUT2D eigenvalue weighted by Gasteiger charge is 2.39. The minimum Gasteiger partial charge on any atom is -0.0649 e. The molecule has 0 unspecified atom stereocenters. The molecule has 0 atom stereocenters. The van der Waals surface area contributed by atoms with Gasteiger partial charge in [0.25, 0.3) is 0 Å². The second-order valence-electron chi connectivity index (χ2n) is 5.13. The van der Waals surface area contributed by atoms with Crippen molar-refractivity contribution < 1.29 is 0 Å². The van der Waals surface area contributed by atoms with Crippen molar-refractivity contribution in [3.8, 4) is 0 Å². The molecule has 0 saturated heterocycles. The van der Waals surface area contributed by atoms with Crippen molar-refractivity contribution in [2.45, 2.75) is 46.0 Å². The van der Waals surface area contributed by atoms with Crippen LogP contribution in [0.3, 0.4) is 0 Å². The predicted octanol–water partition coefficient (Wildman–Crippen LogP) is 4.29. The van der Waals surface area contributed by atoms with Gasteiger partial charge in [-0.3, -0.25) is 0 Å². The van der Waals surface area contributed by atoms with Crippen LogP contribution in [0.5, 0.6) is 0 Å². The Morgan fingerprint density at radius 3 is 2.50 bits per heavy atom. The van der Waals surface area contributed by atoms with Crippen molar-refractivity contribution in [3.63, 3.8) is 0 Å². The number of hydrogen-bond donors (Lipinski definition) is 0. The van der Waals surface area contributed by atoms with Gasteiger partial charge in [-0.25, -0.2) is 0 Å². The fourth-order valence-corrected chi connectivity index (χ4v) is 2.68. The van der Waals surface area contributed by atoms with Crippen LogP contribution in [-0.4, -0.2) is 0 Å². The second-order valence-corrected chi connectivity index (χ2v) is 5.13. The summed E-state index contributed by atoms with van der Waals surface area (Å²) in [6, 6.07) is 8.84. The minimum absolute atomic E-state index is 0.632. The van der Waals surface area contributed by atoms with E-state index < -0.39 is 0 Å². The molecule has 0 heteroatoms. The molecule has 2 rings (SSSR count). The molecule has 0 heterocycles. The van der Waals surface area contributed by atoms with Crippen LogP contribution in [0.4, 0.5) is 0 Å². The van der Waals surface area contributed by atoms with Crippen molar-refractivity contribution in [1.29, 1.82) is 0 Å². The Bertz CT molecular complexity index is 319. The number of rotatable bonds is 2. The van der Waals surface area contributed by atoms with E-state index in [2.05, 4.69) is 45.0 Å². The van der Waals surface area contributed by atoms with Crippen LogP contribution in [0.15, 0.2) is 24.3 Å². The zero-order valence-electron chi connectivity index (χ0n) is 9.51. The molecule has 0 radical (unpaired) electrons. The highest BCUT2D eigenvalue weighted by atomic mass is 14.4. The Balaban J connectivity index is 2.10. The maximum atomic E-state index is 2.42. The van der Waals surface area contributed by atoms with Crippen LogP contribution >= 0.6 is 0 Å². The zero-order chi connectivity index (χ0) is 10.2. The first kappa shape index (κ1) is 9.76. The van der Waals surface area contributed by atoms with Gasteiger partial charge in [0.15, 0.2) is 0 Å². The third kappa shape index (κ3) is 1.58. The van der Waals surface area contributed by atoms with Gasteiger partial charge in [-0.15, -0.1) is 0 Å². The summed E-state index contributed by atoms with van der Waals surface area (Å²) in [5, 5.41) is 0. The summed E-state index contributed by atoms with van der Waals surface area (Å²) in [7, 11) is 0. The number of aryl methyl sites for hydroxylation is 1. The third-order valence-corrected chi connectivity index (χ3v) is 3.96. The largest absolute Gasteiger partial charge is 0.0649 e. The van der Waals surface area contributed by atoms with E-state index in [4.69, 9.17) is 0 Å². The molecule has 1 aromatic rings. The molecule has 14 heavy (non-hydrogen) atoms. The van der Waals surface area contributed by atoms with Crippen LogP contribution in [0.25, 0.3) is 0 Å². The molecule has 1 aromatic carbocycles. The van der Waals surface area contributed by atoms with Crippen LogP contribution in [0.1, 0.15) is 50.2 Å². The van der Waals surface area contributed by atoms with Gasteiger partial charge < -0.3 is 0 Å². The number of hydrogen-bond acceptors (Lipinski definition) is 0. The fraction of sp³-hybridized carbons (Fsp3) is 0.571. The number of benzene rings is 1. The molecule has 1 fully saturated rings. The molecule has 0 aromatic heterocycles. The Hall–Kier alpha value is -0.780. The third-order valence-electron chi connectivity index (χ3n) is 3.96. The maximum absolute atomic E-state index is 2.42. The lowest BCUT2D eigenvalue weighted by Gasteiger charge is -2.45. The SMILES string of the molecule is CCC1(C)CC(c2ccccc2C)C1. The molecule has 0 N–H and O–H groups in total. The molecular weight excluding hydrogens is 168 g/mol. The molecule has 1 aliphatic rings. The first-order valence-electron chi connectivity index (χ1n) is 5.70. The van der Waals surface area contributed by atoms with E-state index in [1.54, 1.807) is 5.56 Å². The zero-order valence-corrected chi connectivity index (χ0v) is 9.51. The highest BCUT2D eigenvalue weighted by Crippen LogP contribution is 2.53. The van der Waals surface area contributed by atoms with E-state index in [0.29, 0.717) is 5.41 Å². The van der Waals surface area contributed by atoms with Gasteiger partial charge in [0, 0.05) is 0 Å². The monoisotopic (exact) mass is 188 g/mol. The minimum atomic E-state index is 0.632. The smallest absolute Gasteiger partial charge is 0.0149 e. The first-order chi connectivity index (χ1) is 6.64. The Morgan fingerprint density at radius 2 is 1.93 bits per heavy atom. The van der Waals surface area contributed by atoms with E-state index >= 15 is 0 Å². The molecule has 1 aliphatic carbocycles. The fourth-order valence-electron chi connectivity index (χ4n) is 2.68. The van der Waals surface area contributed by atoms with Crippen molar-refractivity contribution in [3.05, 3.63) is 35.4 Å². The van der Waals surface area contributed by atoms with Gasteiger partial charge in [0.05, 0.1) is 0 Å². The summed E-state index contributed by atoms with van der Waals surface area (Å²) in [5.41, 5.74) is 3.68. The van der Waals surface area contributed by atoms with E-state index in [-0.39, 0.29) is 0 Å². The van der Waals surface area contributed by atoms with Crippen LogP contribution < -0.4 is 0 Å². The topological polar surface area (TPSA) is 0 Å². The summed E-state index contributed by atoms with van der Waals surface area (Å²) in [6.07, 6.45) is 4.10. The van der Waals surface area contributed by atoms with Gasteiger partial charge in [-0.2, -0.15) is 0 Å². The second kappa shape index (κ2) is 3.42. The van der Waals surface area contributed by atoms with Crippen molar-refractivity contribution in [2.24, 2.45) is 5.41 Å². The van der Waals surface area contributed by atoms with E-state index in [0.717, 1.165) is 5.92 Å². The lowest BCUT2D eigenvalue weighted by Crippen LogP contribution is -2.32.